The van der Waals surface area contributed by atoms with Gasteiger partial charge in [-0.3, -0.25) is 0 Å². The van der Waals surface area contributed by atoms with E-state index in [0.717, 1.165) is 25.7 Å². The van der Waals surface area contributed by atoms with Gasteiger partial charge in [-0.25, -0.2) is 0 Å². The van der Waals surface area contributed by atoms with Crippen LogP contribution in [0.15, 0.2) is 82.0 Å². The monoisotopic (exact) mass is 406 g/mol. The summed E-state index contributed by atoms with van der Waals surface area (Å²) in [6, 6.07) is 23.5. The molecule has 0 atom stereocenters. The van der Waals surface area contributed by atoms with Gasteiger partial charge in [-0.05, 0) is 27.5 Å². The van der Waals surface area contributed by atoms with Crippen molar-refractivity contribution in [3.8, 4) is 0 Å². The lowest BCUT2D eigenvalue weighted by Crippen LogP contribution is -1.82. The van der Waals surface area contributed by atoms with Crippen LogP contribution < -0.4 is 0 Å². The maximum absolute atomic E-state index is 4.33. The predicted molar refractivity (Wildman–Crippen MR) is 120 cm³/mol. The highest BCUT2D eigenvalue weighted by Crippen LogP contribution is 2.32. The number of thioether (sulfide) groups is 2. The maximum atomic E-state index is 4.33. The van der Waals surface area contributed by atoms with Crippen molar-refractivity contribution in [1.29, 1.82) is 0 Å². The zero-order valence-electron chi connectivity index (χ0n) is 14.7. The average molecular weight is 407 g/mol. The fourth-order valence-electron chi connectivity index (χ4n) is 2.74. The molecule has 0 aliphatic carbocycles. The van der Waals surface area contributed by atoms with Gasteiger partial charge in [0.05, 0.1) is 0 Å². The molecule has 0 saturated heterocycles. The Morgan fingerprint density at radius 3 is 2.22 bits per heavy atom. The largest absolute Gasteiger partial charge is 0.175 e. The fraction of sp³-hybridized carbons (Fsp3) is 0.0909. The molecule has 0 saturated carbocycles. The van der Waals surface area contributed by atoms with Gasteiger partial charge in [-0.15, -0.1) is 10.2 Å². The highest BCUT2D eigenvalue weighted by Gasteiger charge is 2.07. The van der Waals surface area contributed by atoms with E-state index in [1.807, 2.05) is 6.08 Å². The zero-order valence-corrected chi connectivity index (χ0v) is 17.1. The van der Waals surface area contributed by atoms with Gasteiger partial charge < -0.3 is 0 Å². The number of hydrogen-bond acceptors (Lipinski definition) is 5. The number of benzene rings is 3. The minimum absolute atomic E-state index is 0.894. The van der Waals surface area contributed by atoms with E-state index in [2.05, 4.69) is 83.5 Å². The summed E-state index contributed by atoms with van der Waals surface area (Å²) in [5.74, 6) is 1.80. The molecule has 0 fully saturated rings. The lowest BCUT2D eigenvalue weighted by Gasteiger charge is -2.02. The van der Waals surface area contributed by atoms with Gasteiger partial charge in [0.15, 0.2) is 8.68 Å². The molecule has 0 N–H and O–H groups in total. The normalized spacial score (nSPS) is 11.0. The Morgan fingerprint density at radius 2 is 1.48 bits per heavy atom. The van der Waals surface area contributed by atoms with Crippen molar-refractivity contribution in [2.24, 2.45) is 0 Å². The number of aromatic nitrogens is 2. The van der Waals surface area contributed by atoms with Crippen LogP contribution in [0.3, 0.4) is 0 Å². The molecule has 4 rings (SSSR count). The van der Waals surface area contributed by atoms with E-state index >= 15 is 0 Å². The molecule has 1 aromatic heterocycles. The molecule has 5 heteroatoms. The molecule has 2 nitrogen and oxygen atoms in total. The summed E-state index contributed by atoms with van der Waals surface area (Å²) in [5.41, 5.74) is 3.74. The first-order chi connectivity index (χ1) is 13.3. The zero-order chi connectivity index (χ0) is 18.5. The van der Waals surface area contributed by atoms with Crippen molar-refractivity contribution in [2.45, 2.75) is 20.2 Å². The van der Waals surface area contributed by atoms with Crippen LogP contribution in [0, 0.1) is 0 Å². The second-order valence-corrected chi connectivity index (χ2v) is 9.46. The Hall–Kier alpha value is -2.08. The molecular weight excluding hydrogens is 388 g/mol. The van der Waals surface area contributed by atoms with E-state index in [0.29, 0.717) is 0 Å². The van der Waals surface area contributed by atoms with Gasteiger partial charge in [-0.2, -0.15) is 0 Å². The average Bonchev–Trinajstić information content (AvgIpc) is 3.18. The van der Waals surface area contributed by atoms with Crippen molar-refractivity contribution in [1.82, 2.24) is 10.2 Å². The van der Waals surface area contributed by atoms with Gasteiger partial charge in [0.1, 0.15) is 0 Å². The second-order valence-electron chi connectivity index (χ2n) is 6.04. The summed E-state index contributed by atoms with van der Waals surface area (Å²) >= 11 is 5.15. The summed E-state index contributed by atoms with van der Waals surface area (Å²) in [6.45, 7) is 3.83. The molecule has 0 aliphatic heterocycles. The van der Waals surface area contributed by atoms with Crippen LogP contribution in [0.1, 0.15) is 16.7 Å². The Balaban J connectivity index is 1.35. The molecule has 0 aliphatic rings. The van der Waals surface area contributed by atoms with Gasteiger partial charge >= 0.3 is 0 Å². The van der Waals surface area contributed by atoms with Gasteiger partial charge in [0.25, 0.3) is 0 Å². The van der Waals surface area contributed by atoms with Gasteiger partial charge in [-0.1, -0.05) is 114 Å². The third-order valence-electron chi connectivity index (χ3n) is 4.11. The van der Waals surface area contributed by atoms with Gasteiger partial charge in [0.2, 0.25) is 0 Å². The van der Waals surface area contributed by atoms with Crippen molar-refractivity contribution in [3.63, 3.8) is 0 Å². The van der Waals surface area contributed by atoms with Crippen LogP contribution in [0.4, 0.5) is 0 Å². The van der Waals surface area contributed by atoms with E-state index in [1.54, 1.807) is 34.9 Å². The van der Waals surface area contributed by atoms with Crippen LogP contribution >= 0.6 is 34.9 Å². The summed E-state index contributed by atoms with van der Waals surface area (Å²) in [6.07, 6.45) is 1.88. The number of nitrogens with zero attached hydrogens (tertiary/aromatic N) is 2. The highest BCUT2D eigenvalue weighted by atomic mass is 32.2. The van der Waals surface area contributed by atoms with Crippen LogP contribution in [0.2, 0.25) is 0 Å². The molecular formula is C22H18N2S3. The summed E-state index contributed by atoms with van der Waals surface area (Å²) in [4.78, 5) is 0. The van der Waals surface area contributed by atoms with Crippen LogP contribution in [0.5, 0.6) is 0 Å². The second kappa shape index (κ2) is 8.74. The molecule has 134 valence electrons. The number of fused-ring (bicyclic) bond motifs is 1. The van der Waals surface area contributed by atoms with Crippen LogP contribution in [0.25, 0.3) is 16.8 Å². The topological polar surface area (TPSA) is 25.8 Å². The number of hydrogen-bond donors (Lipinski definition) is 0. The predicted octanol–water partition coefficient (Wildman–Crippen LogP) is 6.92. The molecule has 0 bridgehead atoms. The minimum atomic E-state index is 0.894. The first kappa shape index (κ1) is 18.3. The first-order valence-electron chi connectivity index (χ1n) is 8.58. The first-order valence-corrected chi connectivity index (χ1v) is 11.4. The molecule has 4 aromatic rings. The van der Waals surface area contributed by atoms with Gasteiger partial charge in [0, 0.05) is 11.5 Å². The third kappa shape index (κ3) is 4.80. The Kier molecular flexibility index (Phi) is 5.92. The van der Waals surface area contributed by atoms with E-state index in [4.69, 9.17) is 0 Å². The molecule has 0 amide bonds. The molecule has 0 unspecified atom stereocenters. The Labute approximate surface area is 171 Å². The quantitative estimate of drug-likeness (QED) is 0.311. The lowest BCUT2D eigenvalue weighted by atomic mass is 10.1. The standard InChI is InChI=1S/C22H18N2S3/c1-2-16-6-5-7-17(12-16)14-25-21-23-24-22(27-21)26-15-18-10-11-19-8-3-4-9-20(19)13-18/h2-13H,1,14-15H2. The summed E-state index contributed by atoms with van der Waals surface area (Å²) in [7, 11) is 0. The highest BCUT2D eigenvalue weighted by molar-refractivity contribution is 8.02. The van der Waals surface area contributed by atoms with E-state index in [9.17, 15) is 0 Å². The molecule has 0 radical (unpaired) electrons. The Bertz CT molecular complexity index is 1070. The molecule has 1 heterocycles. The van der Waals surface area contributed by atoms with E-state index in [-0.39, 0.29) is 0 Å². The SMILES string of the molecule is C=Cc1cccc(CSc2nnc(SCc3ccc4ccccc4c3)s2)c1. The van der Waals surface area contributed by atoms with E-state index < -0.39 is 0 Å². The lowest BCUT2D eigenvalue weighted by molar-refractivity contribution is 0.954. The van der Waals surface area contributed by atoms with Crippen LogP contribution in [-0.2, 0) is 11.5 Å². The smallest absolute Gasteiger partial charge is 0.131 e. The number of rotatable bonds is 7. The van der Waals surface area contributed by atoms with Crippen molar-refractivity contribution < 1.29 is 0 Å². The summed E-state index contributed by atoms with van der Waals surface area (Å²) in [5, 5.41) is 11.2. The van der Waals surface area contributed by atoms with Crippen LogP contribution in [-0.4, -0.2) is 10.2 Å². The molecule has 3 aromatic carbocycles. The molecule has 0 spiro atoms. The summed E-state index contributed by atoms with van der Waals surface area (Å²) < 4.78 is 2.03. The maximum Gasteiger partial charge on any atom is 0.175 e. The fourth-order valence-corrected chi connectivity index (χ4v) is 5.65. The van der Waals surface area contributed by atoms with Crippen molar-refractivity contribution >= 4 is 51.7 Å². The van der Waals surface area contributed by atoms with E-state index in [1.165, 1.54) is 21.9 Å². The Morgan fingerprint density at radius 1 is 0.778 bits per heavy atom. The van der Waals surface area contributed by atoms with Crippen molar-refractivity contribution in [2.75, 3.05) is 0 Å². The van der Waals surface area contributed by atoms with Crippen molar-refractivity contribution in [3.05, 3.63) is 90.0 Å². The third-order valence-corrected chi connectivity index (χ3v) is 7.45. The minimum Gasteiger partial charge on any atom is -0.131 e. The molecule has 27 heavy (non-hydrogen) atoms.